The molecular formula is C26H29NO3. The Morgan fingerprint density at radius 2 is 1.63 bits per heavy atom. The van der Waals surface area contributed by atoms with Crippen LogP contribution in [0.25, 0.3) is 0 Å². The number of aryl methyl sites for hydroxylation is 2. The number of methoxy groups -OCH3 is 1. The Morgan fingerprint density at radius 1 is 0.967 bits per heavy atom. The molecule has 4 nitrogen and oxygen atoms in total. The number of allylic oxidation sites excluding steroid dienone is 2. The number of hydrogen-bond acceptors (Lipinski definition) is 3. The van der Waals surface area contributed by atoms with Crippen molar-refractivity contribution in [3.05, 3.63) is 70.4 Å². The number of para-hydroxylation sites is 2. The van der Waals surface area contributed by atoms with E-state index in [0.717, 1.165) is 39.4 Å². The zero-order valence-corrected chi connectivity index (χ0v) is 18.4. The Hall–Kier alpha value is -2.88. The summed E-state index contributed by atoms with van der Waals surface area (Å²) < 4.78 is 5.58. The number of ether oxygens (including phenoxy) is 1. The molecule has 1 heterocycles. The Bertz CT molecular complexity index is 1040. The summed E-state index contributed by atoms with van der Waals surface area (Å²) in [4.78, 5) is 28.9. The van der Waals surface area contributed by atoms with Crippen LogP contribution in [-0.4, -0.2) is 18.8 Å². The fourth-order valence-electron chi connectivity index (χ4n) is 5.05. The number of Topliss-reactive ketones (excluding diaryl/α,β-unsaturated/α-hetero) is 1. The molecule has 1 amide bonds. The highest BCUT2D eigenvalue weighted by Crippen LogP contribution is 2.50. The highest BCUT2D eigenvalue weighted by molar-refractivity contribution is 6.08. The number of hydrogen-bond donors (Lipinski definition) is 0. The van der Waals surface area contributed by atoms with E-state index in [1.807, 2.05) is 61.2 Å². The first-order valence-corrected chi connectivity index (χ1v) is 10.5. The summed E-state index contributed by atoms with van der Waals surface area (Å²) in [6.07, 6.45) is 1.45. The molecule has 1 aliphatic carbocycles. The molecule has 2 aromatic carbocycles. The van der Waals surface area contributed by atoms with Crippen LogP contribution in [0.5, 0.6) is 5.75 Å². The number of nitrogens with zero attached hydrogens (tertiary/aromatic N) is 1. The maximum atomic E-state index is 13.6. The predicted molar refractivity (Wildman–Crippen MR) is 119 cm³/mol. The highest BCUT2D eigenvalue weighted by Gasteiger charge is 2.45. The number of benzene rings is 2. The number of carbonyl (C=O) groups excluding carboxylic acids is 2. The maximum Gasteiger partial charge on any atom is 0.232 e. The Balaban J connectivity index is 1.97. The van der Waals surface area contributed by atoms with Gasteiger partial charge in [-0.25, -0.2) is 0 Å². The lowest BCUT2D eigenvalue weighted by atomic mass is 9.69. The molecular weight excluding hydrogens is 374 g/mol. The quantitative estimate of drug-likeness (QED) is 0.682. The van der Waals surface area contributed by atoms with Crippen LogP contribution in [0.15, 0.2) is 53.7 Å². The van der Waals surface area contributed by atoms with Crippen LogP contribution in [-0.2, 0) is 9.59 Å². The summed E-state index contributed by atoms with van der Waals surface area (Å²) >= 11 is 0. The third-order valence-corrected chi connectivity index (χ3v) is 6.32. The van der Waals surface area contributed by atoms with Crippen LogP contribution < -0.4 is 9.64 Å². The molecule has 2 aliphatic rings. The van der Waals surface area contributed by atoms with Gasteiger partial charge in [-0.05, 0) is 42.9 Å². The van der Waals surface area contributed by atoms with Gasteiger partial charge in [0.15, 0.2) is 5.78 Å². The van der Waals surface area contributed by atoms with E-state index in [9.17, 15) is 9.59 Å². The smallest absolute Gasteiger partial charge is 0.232 e. The van der Waals surface area contributed by atoms with Gasteiger partial charge in [0, 0.05) is 35.6 Å². The second-order valence-corrected chi connectivity index (χ2v) is 9.27. The monoisotopic (exact) mass is 403 g/mol. The Morgan fingerprint density at radius 3 is 2.30 bits per heavy atom. The van der Waals surface area contributed by atoms with Gasteiger partial charge in [0.2, 0.25) is 5.91 Å². The number of carbonyl (C=O) groups is 2. The van der Waals surface area contributed by atoms with Gasteiger partial charge in [0.1, 0.15) is 5.75 Å². The summed E-state index contributed by atoms with van der Waals surface area (Å²) in [5, 5.41) is 0. The van der Waals surface area contributed by atoms with Gasteiger partial charge in [0.25, 0.3) is 0 Å². The van der Waals surface area contributed by atoms with Gasteiger partial charge in [-0.1, -0.05) is 50.2 Å². The minimum Gasteiger partial charge on any atom is -0.496 e. The predicted octanol–water partition coefficient (Wildman–Crippen LogP) is 5.48. The van der Waals surface area contributed by atoms with Crippen molar-refractivity contribution in [2.45, 2.75) is 52.9 Å². The molecule has 0 spiro atoms. The summed E-state index contributed by atoms with van der Waals surface area (Å²) in [6, 6.07) is 13.8. The molecule has 0 saturated heterocycles. The van der Waals surface area contributed by atoms with Crippen molar-refractivity contribution in [1.82, 2.24) is 0 Å². The second-order valence-electron chi connectivity index (χ2n) is 9.27. The largest absolute Gasteiger partial charge is 0.496 e. The minimum absolute atomic E-state index is 0.0348. The molecule has 0 bridgehead atoms. The van der Waals surface area contributed by atoms with Crippen molar-refractivity contribution in [1.29, 1.82) is 0 Å². The SMILES string of the molecule is COc1ccccc1C1CC(=O)N(c2c(C)cccc2C)C2=C1C(=O)CC(C)(C)C2. The van der Waals surface area contributed by atoms with Gasteiger partial charge in [-0.15, -0.1) is 0 Å². The first-order valence-electron chi connectivity index (χ1n) is 10.5. The molecule has 0 radical (unpaired) electrons. The summed E-state index contributed by atoms with van der Waals surface area (Å²) in [6.45, 7) is 8.26. The van der Waals surface area contributed by atoms with Crippen LogP contribution >= 0.6 is 0 Å². The van der Waals surface area contributed by atoms with Gasteiger partial charge >= 0.3 is 0 Å². The van der Waals surface area contributed by atoms with Crippen molar-refractivity contribution in [2.75, 3.05) is 12.0 Å². The van der Waals surface area contributed by atoms with Gasteiger partial charge in [-0.3, -0.25) is 14.5 Å². The van der Waals surface area contributed by atoms with Crippen LogP contribution in [0.3, 0.4) is 0 Å². The molecule has 1 aliphatic heterocycles. The zero-order valence-electron chi connectivity index (χ0n) is 18.4. The summed E-state index contributed by atoms with van der Waals surface area (Å²) in [7, 11) is 1.63. The van der Waals surface area contributed by atoms with Crippen molar-refractivity contribution in [3.8, 4) is 5.75 Å². The van der Waals surface area contributed by atoms with E-state index in [-0.39, 0.29) is 29.4 Å². The van der Waals surface area contributed by atoms with Gasteiger partial charge in [-0.2, -0.15) is 0 Å². The van der Waals surface area contributed by atoms with E-state index in [4.69, 9.17) is 4.74 Å². The average molecular weight is 404 g/mol. The standard InChI is InChI=1S/C26H29NO3/c1-16-9-8-10-17(2)25(16)27-20-14-26(3,4)15-21(28)24(20)19(13-23(27)29)18-11-6-7-12-22(18)30-5/h6-12,19H,13-15H2,1-5H3. The first-order chi connectivity index (χ1) is 14.2. The fraction of sp³-hybridized carbons (Fsp3) is 0.385. The molecule has 0 N–H and O–H groups in total. The minimum atomic E-state index is -0.271. The van der Waals surface area contributed by atoms with Gasteiger partial charge in [0.05, 0.1) is 12.8 Å². The lowest BCUT2D eigenvalue weighted by molar-refractivity contribution is -0.121. The van der Waals surface area contributed by atoms with Crippen LogP contribution in [0, 0.1) is 19.3 Å². The second kappa shape index (κ2) is 7.42. The number of rotatable bonds is 3. The molecule has 1 unspecified atom stereocenters. The third-order valence-electron chi connectivity index (χ3n) is 6.32. The van der Waals surface area contributed by atoms with Crippen LogP contribution in [0.1, 0.15) is 55.7 Å². The van der Waals surface area contributed by atoms with Crippen LogP contribution in [0.2, 0.25) is 0 Å². The normalized spacial score (nSPS) is 21.0. The number of ketones is 1. The molecule has 30 heavy (non-hydrogen) atoms. The van der Waals surface area contributed by atoms with E-state index < -0.39 is 0 Å². The third kappa shape index (κ3) is 3.34. The van der Waals surface area contributed by atoms with Crippen molar-refractivity contribution >= 4 is 17.4 Å². The molecule has 4 heteroatoms. The topological polar surface area (TPSA) is 46.6 Å². The Kier molecular flexibility index (Phi) is 5.05. The molecule has 0 fully saturated rings. The molecule has 1 atom stereocenters. The van der Waals surface area contributed by atoms with Crippen molar-refractivity contribution in [3.63, 3.8) is 0 Å². The molecule has 2 aromatic rings. The molecule has 4 rings (SSSR count). The van der Waals surface area contributed by atoms with E-state index in [2.05, 4.69) is 13.8 Å². The summed E-state index contributed by atoms with van der Waals surface area (Å²) in [5.41, 5.74) is 5.37. The van der Waals surface area contributed by atoms with E-state index >= 15 is 0 Å². The van der Waals surface area contributed by atoms with Crippen LogP contribution in [0.4, 0.5) is 5.69 Å². The average Bonchev–Trinajstić information content (AvgIpc) is 2.68. The van der Waals surface area contributed by atoms with Gasteiger partial charge < -0.3 is 4.74 Å². The lowest BCUT2D eigenvalue weighted by Crippen LogP contribution is -2.44. The highest BCUT2D eigenvalue weighted by atomic mass is 16.5. The molecule has 0 saturated carbocycles. The van der Waals surface area contributed by atoms with E-state index in [1.54, 1.807) is 7.11 Å². The zero-order chi connectivity index (χ0) is 21.6. The maximum absolute atomic E-state index is 13.6. The number of amides is 1. The lowest BCUT2D eigenvalue weighted by Gasteiger charge is -2.43. The van der Waals surface area contributed by atoms with Crippen molar-refractivity contribution in [2.24, 2.45) is 5.41 Å². The fourth-order valence-corrected chi connectivity index (χ4v) is 5.05. The van der Waals surface area contributed by atoms with E-state index in [0.29, 0.717) is 12.8 Å². The Labute approximate surface area is 178 Å². The first kappa shape index (κ1) is 20.4. The van der Waals surface area contributed by atoms with Crippen molar-refractivity contribution < 1.29 is 14.3 Å². The number of anilines is 1. The van der Waals surface area contributed by atoms with E-state index in [1.165, 1.54) is 0 Å². The summed E-state index contributed by atoms with van der Waals surface area (Å²) in [5.74, 6) is 0.626. The molecule has 156 valence electrons. The molecule has 0 aromatic heterocycles.